The highest BCUT2D eigenvalue weighted by molar-refractivity contribution is 5.82. The van der Waals surface area contributed by atoms with E-state index in [0.29, 0.717) is 11.0 Å². The molecule has 0 fully saturated rings. The summed E-state index contributed by atoms with van der Waals surface area (Å²) in [4.78, 5) is 19.1. The summed E-state index contributed by atoms with van der Waals surface area (Å²) in [7, 11) is 0. The minimum Gasteiger partial charge on any atom is -0.364 e. The molecule has 1 aliphatic rings. The first-order valence-corrected chi connectivity index (χ1v) is 5.88. The lowest BCUT2D eigenvalue weighted by molar-refractivity contribution is -0.149. The fraction of sp³-hybridized carbons (Fsp3) is 0.308. The molecule has 3 rings (SSSR count). The van der Waals surface area contributed by atoms with Crippen molar-refractivity contribution in [1.82, 2.24) is 9.97 Å². The summed E-state index contributed by atoms with van der Waals surface area (Å²) >= 11 is 0. The van der Waals surface area contributed by atoms with Gasteiger partial charge in [-0.1, -0.05) is 0 Å². The summed E-state index contributed by atoms with van der Waals surface area (Å²) in [6.07, 6.45) is 3.38. The highest BCUT2D eigenvalue weighted by Gasteiger charge is 2.47. The molecule has 1 aromatic carbocycles. The molecule has 0 radical (unpaired) electrons. The third kappa shape index (κ3) is 1.83. The van der Waals surface area contributed by atoms with Gasteiger partial charge in [0.2, 0.25) is 0 Å². The summed E-state index contributed by atoms with van der Waals surface area (Å²) < 4.78 is 27.3. The largest absolute Gasteiger partial charge is 0.364 e. The maximum absolute atomic E-state index is 13.7. The van der Waals surface area contributed by atoms with Crippen LogP contribution in [0.4, 0.5) is 8.78 Å². The molecule has 0 saturated carbocycles. The lowest BCUT2D eigenvalue weighted by Gasteiger charge is -2.18. The fourth-order valence-corrected chi connectivity index (χ4v) is 2.54. The van der Waals surface area contributed by atoms with Crippen LogP contribution in [-0.2, 0) is 17.6 Å². The molecule has 1 heterocycles. The second-order valence-corrected chi connectivity index (χ2v) is 4.76. The average Bonchev–Trinajstić information content (AvgIpc) is 2.79. The molecule has 98 valence electrons. The van der Waals surface area contributed by atoms with Crippen molar-refractivity contribution in [3.63, 3.8) is 0 Å². The minimum atomic E-state index is -3.48. The molecule has 2 aromatic rings. The number of halogens is 2. The predicted octanol–water partition coefficient (Wildman–Crippen LogP) is 1.47. The number of hydrogen-bond acceptors (Lipinski definition) is 3. The Hall–Kier alpha value is -2.11. The average molecular weight is 263 g/mol. The number of benzene rings is 1. The SMILES string of the molecule is NC(=O)C(F)(F)C1Cc2cc3nccnc3cc2C1. The number of amides is 1. The van der Waals surface area contributed by atoms with Crippen molar-refractivity contribution in [2.45, 2.75) is 18.8 Å². The molecule has 6 heteroatoms. The molecule has 0 atom stereocenters. The normalized spacial score (nSPS) is 15.7. The Kier molecular flexibility index (Phi) is 2.48. The molecule has 0 bridgehead atoms. The highest BCUT2D eigenvalue weighted by Crippen LogP contribution is 2.38. The lowest BCUT2D eigenvalue weighted by atomic mass is 9.97. The zero-order chi connectivity index (χ0) is 13.6. The van der Waals surface area contributed by atoms with Crippen molar-refractivity contribution in [2.24, 2.45) is 11.7 Å². The van der Waals surface area contributed by atoms with Crippen molar-refractivity contribution in [2.75, 3.05) is 0 Å². The van der Waals surface area contributed by atoms with E-state index >= 15 is 0 Å². The Morgan fingerprint density at radius 3 is 2.05 bits per heavy atom. The van der Waals surface area contributed by atoms with E-state index in [0.717, 1.165) is 11.1 Å². The fourth-order valence-electron chi connectivity index (χ4n) is 2.54. The van der Waals surface area contributed by atoms with Crippen molar-refractivity contribution < 1.29 is 13.6 Å². The Balaban J connectivity index is 2.00. The molecule has 0 spiro atoms. The van der Waals surface area contributed by atoms with Crippen LogP contribution >= 0.6 is 0 Å². The van der Waals surface area contributed by atoms with Gasteiger partial charge in [-0.3, -0.25) is 14.8 Å². The molecule has 4 nitrogen and oxygen atoms in total. The molecule has 0 saturated heterocycles. The van der Waals surface area contributed by atoms with E-state index in [-0.39, 0.29) is 12.8 Å². The van der Waals surface area contributed by atoms with Gasteiger partial charge in [0.05, 0.1) is 11.0 Å². The van der Waals surface area contributed by atoms with Crippen LogP contribution in [0.5, 0.6) is 0 Å². The van der Waals surface area contributed by atoms with E-state index in [1.54, 1.807) is 24.5 Å². The molecular formula is C13H11F2N3O. The Morgan fingerprint density at radius 2 is 1.63 bits per heavy atom. The predicted molar refractivity (Wildman–Crippen MR) is 64.6 cm³/mol. The maximum atomic E-state index is 13.7. The summed E-state index contributed by atoms with van der Waals surface area (Å²) in [6.45, 7) is 0. The number of carbonyl (C=O) groups is 1. The molecule has 2 N–H and O–H groups in total. The van der Waals surface area contributed by atoms with Gasteiger partial charge in [-0.2, -0.15) is 8.78 Å². The van der Waals surface area contributed by atoms with Gasteiger partial charge >= 0.3 is 5.92 Å². The summed E-state index contributed by atoms with van der Waals surface area (Å²) in [6, 6.07) is 3.52. The monoisotopic (exact) mass is 263 g/mol. The van der Waals surface area contributed by atoms with Gasteiger partial charge in [0.15, 0.2) is 0 Å². The third-order valence-electron chi connectivity index (χ3n) is 3.56. The zero-order valence-corrected chi connectivity index (χ0v) is 9.94. The van der Waals surface area contributed by atoms with Crippen molar-refractivity contribution in [3.8, 4) is 0 Å². The molecule has 19 heavy (non-hydrogen) atoms. The number of aromatic nitrogens is 2. The van der Waals surface area contributed by atoms with E-state index < -0.39 is 17.7 Å². The summed E-state index contributed by atoms with van der Waals surface area (Å²) in [5.74, 6) is -6.12. The van der Waals surface area contributed by atoms with Gasteiger partial charge in [-0.25, -0.2) is 0 Å². The number of rotatable bonds is 2. The quantitative estimate of drug-likeness (QED) is 0.892. The maximum Gasteiger partial charge on any atom is 0.327 e. The van der Waals surface area contributed by atoms with Crippen LogP contribution in [0.15, 0.2) is 24.5 Å². The van der Waals surface area contributed by atoms with Crippen LogP contribution in [0.1, 0.15) is 11.1 Å². The van der Waals surface area contributed by atoms with Crippen molar-refractivity contribution in [3.05, 3.63) is 35.7 Å². The number of fused-ring (bicyclic) bond motifs is 2. The standard InChI is InChI=1S/C13H11F2N3O/c14-13(15,12(16)19)9-3-7-5-10-11(6-8(7)4-9)18-2-1-17-10/h1-2,5-6,9H,3-4H2,(H2,16,19). The second-order valence-electron chi connectivity index (χ2n) is 4.76. The molecule has 1 aliphatic carbocycles. The highest BCUT2D eigenvalue weighted by atomic mass is 19.3. The zero-order valence-electron chi connectivity index (χ0n) is 9.94. The first-order valence-electron chi connectivity index (χ1n) is 5.88. The van der Waals surface area contributed by atoms with Gasteiger partial charge in [0, 0.05) is 18.3 Å². The Bertz CT molecular complexity index is 627. The number of primary amides is 1. The smallest absolute Gasteiger partial charge is 0.327 e. The van der Waals surface area contributed by atoms with Gasteiger partial charge in [0.25, 0.3) is 5.91 Å². The van der Waals surface area contributed by atoms with E-state index in [1.165, 1.54) is 0 Å². The minimum absolute atomic E-state index is 0.137. The van der Waals surface area contributed by atoms with Crippen LogP contribution in [-0.4, -0.2) is 21.8 Å². The van der Waals surface area contributed by atoms with Crippen LogP contribution < -0.4 is 5.73 Å². The first-order chi connectivity index (χ1) is 8.98. The van der Waals surface area contributed by atoms with Crippen molar-refractivity contribution >= 4 is 16.9 Å². The topological polar surface area (TPSA) is 68.9 Å². The lowest BCUT2D eigenvalue weighted by Crippen LogP contribution is -2.42. The Labute approximate surface area is 107 Å². The van der Waals surface area contributed by atoms with Crippen LogP contribution in [0.25, 0.3) is 11.0 Å². The molecule has 1 amide bonds. The summed E-state index contributed by atoms with van der Waals surface area (Å²) in [5, 5.41) is 0. The van der Waals surface area contributed by atoms with Crippen LogP contribution in [0.3, 0.4) is 0 Å². The van der Waals surface area contributed by atoms with E-state index in [9.17, 15) is 13.6 Å². The number of nitrogens with two attached hydrogens (primary N) is 1. The van der Waals surface area contributed by atoms with Gasteiger partial charge in [-0.05, 0) is 36.1 Å². The van der Waals surface area contributed by atoms with E-state index in [4.69, 9.17) is 5.73 Å². The number of hydrogen-bond donors (Lipinski definition) is 1. The van der Waals surface area contributed by atoms with Gasteiger partial charge in [-0.15, -0.1) is 0 Å². The second kappa shape index (κ2) is 3.94. The molecule has 0 aliphatic heterocycles. The number of nitrogens with zero attached hydrogens (tertiary/aromatic N) is 2. The van der Waals surface area contributed by atoms with Crippen LogP contribution in [0.2, 0.25) is 0 Å². The van der Waals surface area contributed by atoms with Gasteiger partial charge < -0.3 is 5.73 Å². The Morgan fingerprint density at radius 1 is 1.16 bits per heavy atom. The number of carbonyl (C=O) groups excluding carboxylic acids is 1. The molecule has 0 unspecified atom stereocenters. The van der Waals surface area contributed by atoms with E-state index in [2.05, 4.69) is 9.97 Å². The molecular weight excluding hydrogens is 252 g/mol. The summed E-state index contributed by atoms with van der Waals surface area (Å²) in [5.41, 5.74) is 7.69. The van der Waals surface area contributed by atoms with E-state index in [1.807, 2.05) is 0 Å². The van der Waals surface area contributed by atoms with Crippen molar-refractivity contribution in [1.29, 1.82) is 0 Å². The third-order valence-corrected chi connectivity index (χ3v) is 3.56. The molecule has 1 aromatic heterocycles. The first kappa shape index (κ1) is 12.0. The van der Waals surface area contributed by atoms with Gasteiger partial charge in [0.1, 0.15) is 0 Å². The van der Waals surface area contributed by atoms with Crippen LogP contribution in [0, 0.1) is 5.92 Å². The number of alkyl halides is 2.